The van der Waals surface area contributed by atoms with Crippen molar-refractivity contribution < 1.29 is 9.59 Å². The van der Waals surface area contributed by atoms with Crippen molar-refractivity contribution in [3.05, 3.63) is 12.7 Å². The Morgan fingerprint density at radius 1 is 1.57 bits per heavy atom. The van der Waals surface area contributed by atoms with E-state index in [0.717, 1.165) is 12.8 Å². The first-order valence-electron chi connectivity index (χ1n) is 4.70. The Hall–Kier alpha value is -1.52. The van der Waals surface area contributed by atoms with Crippen molar-refractivity contribution in [2.45, 2.75) is 19.3 Å². The number of hydrazine groups is 1. The number of nitrogens with zero attached hydrogens (tertiary/aromatic N) is 1. The number of hydrogen-bond acceptors (Lipinski definition) is 2. The van der Waals surface area contributed by atoms with E-state index in [1.807, 2.05) is 0 Å². The number of rotatable bonds is 3. The summed E-state index contributed by atoms with van der Waals surface area (Å²) in [6.45, 7) is 4.47. The minimum atomic E-state index is -0.361. The quantitative estimate of drug-likeness (QED) is 0.643. The lowest BCUT2D eigenvalue weighted by atomic mass is 10.1. The van der Waals surface area contributed by atoms with Gasteiger partial charge in [-0.2, -0.15) is 0 Å². The van der Waals surface area contributed by atoms with Crippen molar-refractivity contribution in [1.82, 2.24) is 15.8 Å². The van der Waals surface area contributed by atoms with Gasteiger partial charge in [0.15, 0.2) is 0 Å². The molecule has 0 aromatic carbocycles. The van der Waals surface area contributed by atoms with Crippen LogP contribution in [0.1, 0.15) is 19.3 Å². The molecule has 0 saturated carbocycles. The maximum Gasteiger partial charge on any atom is 0.333 e. The van der Waals surface area contributed by atoms with E-state index in [1.54, 1.807) is 6.08 Å². The van der Waals surface area contributed by atoms with E-state index in [0.29, 0.717) is 19.5 Å². The van der Waals surface area contributed by atoms with Crippen LogP contribution >= 0.6 is 0 Å². The van der Waals surface area contributed by atoms with Gasteiger partial charge in [0.1, 0.15) is 0 Å². The molecular weight excluding hydrogens is 182 g/mol. The number of amides is 3. The zero-order chi connectivity index (χ0) is 10.4. The van der Waals surface area contributed by atoms with E-state index in [4.69, 9.17) is 0 Å². The molecule has 0 unspecified atom stereocenters. The molecule has 3 amide bonds. The van der Waals surface area contributed by atoms with Crippen molar-refractivity contribution >= 4 is 11.9 Å². The van der Waals surface area contributed by atoms with Crippen LogP contribution in [0.25, 0.3) is 0 Å². The molecule has 1 aliphatic rings. The molecule has 1 rings (SSSR count). The van der Waals surface area contributed by atoms with Crippen LogP contribution in [0.2, 0.25) is 0 Å². The third kappa shape index (κ3) is 3.08. The Balaban J connectivity index is 2.30. The highest BCUT2D eigenvalue weighted by Crippen LogP contribution is 2.07. The molecule has 1 aliphatic heterocycles. The smallest absolute Gasteiger partial charge is 0.333 e. The molecule has 5 heteroatoms. The molecule has 0 aliphatic carbocycles. The molecular formula is C9H15N3O2. The molecule has 0 atom stereocenters. The fourth-order valence-electron chi connectivity index (χ4n) is 1.25. The van der Waals surface area contributed by atoms with E-state index in [1.165, 1.54) is 5.01 Å². The lowest BCUT2D eigenvalue weighted by Crippen LogP contribution is -2.51. The summed E-state index contributed by atoms with van der Waals surface area (Å²) in [5.41, 5.74) is 2.49. The number of carbonyl (C=O) groups excluding carboxylic acids is 2. The fraction of sp³-hybridized carbons (Fsp3) is 0.556. The highest BCUT2D eigenvalue weighted by Gasteiger charge is 2.19. The van der Waals surface area contributed by atoms with E-state index in [9.17, 15) is 9.59 Å². The summed E-state index contributed by atoms with van der Waals surface area (Å²) in [6.07, 6.45) is 3.94. The van der Waals surface area contributed by atoms with Crippen LogP contribution in [0.3, 0.4) is 0 Å². The maximum atomic E-state index is 11.3. The van der Waals surface area contributed by atoms with Crippen LogP contribution < -0.4 is 10.7 Å². The summed E-state index contributed by atoms with van der Waals surface area (Å²) in [5, 5.41) is 3.90. The summed E-state index contributed by atoms with van der Waals surface area (Å²) in [5.74, 6) is -0.0231. The van der Waals surface area contributed by atoms with E-state index >= 15 is 0 Å². The van der Waals surface area contributed by atoms with Crippen LogP contribution in [0.4, 0.5) is 4.79 Å². The first-order chi connectivity index (χ1) is 6.74. The van der Waals surface area contributed by atoms with Crippen molar-refractivity contribution in [2.24, 2.45) is 0 Å². The summed E-state index contributed by atoms with van der Waals surface area (Å²) >= 11 is 0. The van der Waals surface area contributed by atoms with E-state index < -0.39 is 0 Å². The summed E-state index contributed by atoms with van der Waals surface area (Å²) in [4.78, 5) is 22.4. The molecule has 1 heterocycles. The van der Waals surface area contributed by atoms with Crippen LogP contribution in [0.15, 0.2) is 12.7 Å². The molecule has 0 radical (unpaired) electrons. The second-order valence-electron chi connectivity index (χ2n) is 3.11. The average molecular weight is 197 g/mol. The predicted octanol–water partition coefficient (Wildman–Crippen LogP) is 0.399. The zero-order valence-corrected chi connectivity index (χ0v) is 8.08. The van der Waals surface area contributed by atoms with Crippen LogP contribution in [-0.4, -0.2) is 30.0 Å². The highest BCUT2D eigenvalue weighted by molar-refractivity contribution is 5.81. The largest absolute Gasteiger partial charge is 0.333 e. The van der Waals surface area contributed by atoms with Gasteiger partial charge < -0.3 is 5.32 Å². The second kappa shape index (κ2) is 5.26. The second-order valence-corrected chi connectivity index (χ2v) is 3.11. The molecule has 0 aromatic rings. The number of piperidine rings is 1. The topological polar surface area (TPSA) is 61.4 Å². The van der Waals surface area contributed by atoms with Gasteiger partial charge in [0.2, 0.25) is 5.91 Å². The van der Waals surface area contributed by atoms with Gasteiger partial charge in [-0.1, -0.05) is 6.08 Å². The van der Waals surface area contributed by atoms with Crippen LogP contribution in [0.5, 0.6) is 0 Å². The molecule has 5 nitrogen and oxygen atoms in total. The van der Waals surface area contributed by atoms with Gasteiger partial charge in [0, 0.05) is 19.5 Å². The van der Waals surface area contributed by atoms with Gasteiger partial charge in [-0.15, -0.1) is 6.58 Å². The van der Waals surface area contributed by atoms with Crippen molar-refractivity contribution in [2.75, 3.05) is 13.1 Å². The molecule has 2 N–H and O–H groups in total. The standard InChI is InChI=1S/C9H15N3O2/c1-2-6-10-9(14)11-12-7-4-3-5-8(12)13/h2H,1,3-7H2,(H2,10,11,14). The number of nitrogens with one attached hydrogen (secondary N) is 2. The predicted molar refractivity (Wildman–Crippen MR) is 52.3 cm³/mol. The van der Waals surface area contributed by atoms with Crippen molar-refractivity contribution in [3.8, 4) is 0 Å². The summed E-state index contributed by atoms with van der Waals surface area (Å²) in [6, 6.07) is -0.361. The fourth-order valence-corrected chi connectivity index (χ4v) is 1.25. The molecule has 1 saturated heterocycles. The van der Waals surface area contributed by atoms with Crippen molar-refractivity contribution in [1.29, 1.82) is 0 Å². The summed E-state index contributed by atoms with van der Waals surface area (Å²) < 4.78 is 0. The lowest BCUT2D eigenvalue weighted by molar-refractivity contribution is -0.135. The summed E-state index contributed by atoms with van der Waals surface area (Å²) in [7, 11) is 0. The average Bonchev–Trinajstić information content (AvgIpc) is 2.18. The lowest BCUT2D eigenvalue weighted by Gasteiger charge is -2.26. The molecule has 78 valence electrons. The Morgan fingerprint density at radius 3 is 3.00 bits per heavy atom. The van der Waals surface area contributed by atoms with Gasteiger partial charge in [-0.25, -0.2) is 10.2 Å². The first-order valence-corrected chi connectivity index (χ1v) is 4.70. The maximum absolute atomic E-state index is 11.3. The van der Waals surface area contributed by atoms with Gasteiger partial charge in [0.05, 0.1) is 0 Å². The van der Waals surface area contributed by atoms with E-state index in [2.05, 4.69) is 17.3 Å². The molecule has 14 heavy (non-hydrogen) atoms. The zero-order valence-electron chi connectivity index (χ0n) is 8.08. The molecule has 0 bridgehead atoms. The SMILES string of the molecule is C=CCNC(=O)NN1CCCCC1=O. The van der Waals surface area contributed by atoms with Gasteiger partial charge in [-0.05, 0) is 12.8 Å². The minimum Gasteiger partial charge on any atom is -0.333 e. The van der Waals surface area contributed by atoms with Crippen LogP contribution in [0, 0.1) is 0 Å². The monoisotopic (exact) mass is 197 g/mol. The Kier molecular flexibility index (Phi) is 3.97. The number of hydrogen-bond donors (Lipinski definition) is 2. The first kappa shape index (κ1) is 10.6. The molecule has 1 fully saturated rings. The molecule has 0 spiro atoms. The number of carbonyl (C=O) groups is 2. The number of urea groups is 1. The highest BCUT2D eigenvalue weighted by atomic mass is 16.2. The third-order valence-corrected chi connectivity index (χ3v) is 1.97. The van der Waals surface area contributed by atoms with Crippen LogP contribution in [-0.2, 0) is 4.79 Å². The molecule has 0 aromatic heterocycles. The normalized spacial score (nSPS) is 16.3. The van der Waals surface area contributed by atoms with Crippen molar-refractivity contribution in [3.63, 3.8) is 0 Å². The Morgan fingerprint density at radius 2 is 2.36 bits per heavy atom. The Labute approximate surface area is 83.1 Å². The minimum absolute atomic E-state index is 0.0231. The van der Waals surface area contributed by atoms with Gasteiger partial charge in [0.25, 0.3) is 0 Å². The third-order valence-electron chi connectivity index (χ3n) is 1.97. The Bertz CT molecular complexity index is 240. The van der Waals surface area contributed by atoms with Gasteiger partial charge >= 0.3 is 6.03 Å². The van der Waals surface area contributed by atoms with E-state index in [-0.39, 0.29) is 11.9 Å². The van der Waals surface area contributed by atoms with Gasteiger partial charge in [-0.3, -0.25) is 9.80 Å².